The number of H-pyrrole nitrogens is 1. The number of aromatic nitrogens is 2. The van der Waals surface area contributed by atoms with Gasteiger partial charge >= 0.3 is 0 Å². The van der Waals surface area contributed by atoms with Gasteiger partial charge in [-0.3, -0.25) is 14.6 Å². The van der Waals surface area contributed by atoms with Crippen molar-refractivity contribution in [2.75, 3.05) is 9.91 Å². The summed E-state index contributed by atoms with van der Waals surface area (Å²) >= 11 is 0. The topological polar surface area (TPSA) is 81.7 Å². The number of carbonyl (C=O) groups is 1. The Hall–Kier alpha value is -3.22. The van der Waals surface area contributed by atoms with E-state index in [-0.39, 0.29) is 23.5 Å². The van der Waals surface area contributed by atoms with Crippen LogP contribution >= 0.6 is 0 Å². The Kier molecular flexibility index (Phi) is 5.18. The standard InChI is InChI=1S/C21H25N5O2/c1-12-11-17-9-7-8-10-18(17)25(12)20(28)14(3)16(5)26(22-6)21-23-15(4)13(2)19(27)24-21/h7-10,12H,6,11H2,1-5H3,(H,23,24,27)/b16-14+/t12-/m1/s1. The number of aryl methyl sites for hydroxylation is 1. The molecule has 7 nitrogen and oxygen atoms in total. The second-order valence-corrected chi connectivity index (χ2v) is 7.12. The lowest BCUT2D eigenvalue weighted by molar-refractivity contribution is -0.115. The maximum atomic E-state index is 13.3. The molecule has 3 rings (SSSR count). The molecule has 0 saturated heterocycles. The fraction of sp³-hybridized carbons (Fsp3) is 0.333. The van der Waals surface area contributed by atoms with Crippen LogP contribution in [0.1, 0.15) is 37.6 Å². The van der Waals surface area contributed by atoms with Crippen molar-refractivity contribution in [1.29, 1.82) is 0 Å². The summed E-state index contributed by atoms with van der Waals surface area (Å²) < 4.78 is 0. The van der Waals surface area contributed by atoms with E-state index in [0.29, 0.717) is 22.5 Å². The minimum absolute atomic E-state index is 0.0670. The summed E-state index contributed by atoms with van der Waals surface area (Å²) in [5, 5.41) is 5.38. The minimum atomic E-state index is -0.241. The first-order valence-corrected chi connectivity index (χ1v) is 9.19. The molecular formula is C21H25N5O2. The van der Waals surface area contributed by atoms with Gasteiger partial charge < -0.3 is 4.90 Å². The van der Waals surface area contributed by atoms with Gasteiger partial charge in [0.1, 0.15) is 0 Å². The number of nitrogens with one attached hydrogen (secondary N) is 1. The van der Waals surface area contributed by atoms with E-state index in [1.54, 1.807) is 27.7 Å². The van der Waals surface area contributed by atoms with Gasteiger partial charge in [0.25, 0.3) is 11.5 Å². The molecule has 0 saturated carbocycles. The molecule has 0 spiro atoms. The molecule has 0 radical (unpaired) electrons. The largest absolute Gasteiger partial charge is 0.305 e. The molecule has 1 atom stereocenters. The van der Waals surface area contributed by atoms with Crippen LogP contribution in [0.5, 0.6) is 0 Å². The zero-order valence-corrected chi connectivity index (χ0v) is 16.9. The van der Waals surface area contributed by atoms with E-state index in [1.165, 1.54) is 5.01 Å². The summed E-state index contributed by atoms with van der Waals surface area (Å²) in [6.45, 7) is 12.6. The average molecular weight is 379 g/mol. The van der Waals surface area contributed by atoms with E-state index in [4.69, 9.17) is 0 Å². The van der Waals surface area contributed by atoms with Crippen molar-refractivity contribution in [3.05, 3.63) is 62.7 Å². The molecule has 7 heteroatoms. The predicted octanol–water partition coefficient (Wildman–Crippen LogP) is 3.08. The number of rotatable bonds is 4. The third-order valence-corrected chi connectivity index (χ3v) is 5.33. The minimum Gasteiger partial charge on any atom is -0.305 e. The summed E-state index contributed by atoms with van der Waals surface area (Å²) in [5.74, 6) is 0.136. The highest BCUT2D eigenvalue weighted by Crippen LogP contribution is 2.33. The van der Waals surface area contributed by atoms with Gasteiger partial charge in [-0.2, -0.15) is 5.10 Å². The van der Waals surface area contributed by atoms with Crippen LogP contribution in [0.25, 0.3) is 0 Å². The molecule has 0 bridgehead atoms. The van der Waals surface area contributed by atoms with Gasteiger partial charge in [-0.15, -0.1) is 0 Å². The fourth-order valence-corrected chi connectivity index (χ4v) is 3.43. The number of anilines is 2. The zero-order chi connectivity index (χ0) is 20.6. The first-order valence-electron chi connectivity index (χ1n) is 9.19. The summed E-state index contributed by atoms with van der Waals surface area (Å²) in [6.07, 6.45) is 0.823. The smallest absolute Gasteiger partial charge is 0.256 e. The number of para-hydroxylation sites is 1. The molecule has 1 aromatic heterocycles. The number of hydrazone groups is 1. The second-order valence-electron chi connectivity index (χ2n) is 7.12. The summed E-state index contributed by atoms with van der Waals surface area (Å²) in [7, 11) is 0. The van der Waals surface area contributed by atoms with E-state index in [0.717, 1.165) is 17.7 Å². The third kappa shape index (κ3) is 3.24. The van der Waals surface area contributed by atoms with Crippen molar-refractivity contribution >= 4 is 24.3 Å². The number of hydrogen-bond acceptors (Lipinski definition) is 5. The molecule has 0 fully saturated rings. The molecular weight excluding hydrogens is 354 g/mol. The Morgan fingerprint density at radius 3 is 2.64 bits per heavy atom. The summed E-state index contributed by atoms with van der Waals surface area (Å²) in [5.41, 5.74) is 4.07. The van der Waals surface area contributed by atoms with Gasteiger partial charge in [0.05, 0.1) is 5.70 Å². The quantitative estimate of drug-likeness (QED) is 0.503. The second kappa shape index (κ2) is 7.42. The third-order valence-electron chi connectivity index (χ3n) is 5.33. The van der Waals surface area contributed by atoms with Gasteiger partial charge in [0, 0.05) is 35.3 Å². The number of allylic oxidation sites excluding steroid dienone is 1. The Morgan fingerprint density at radius 1 is 1.32 bits per heavy atom. The lowest BCUT2D eigenvalue weighted by atomic mass is 10.1. The number of aromatic amines is 1. The highest BCUT2D eigenvalue weighted by atomic mass is 16.2. The molecule has 1 aliphatic heterocycles. The normalized spacial score (nSPS) is 16.5. The highest BCUT2D eigenvalue weighted by molar-refractivity contribution is 6.07. The Morgan fingerprint density at radius 2 is 2.00 bits per heavy atom. The number of fused-ring (bicyclic) bond motifs is 1. The van der Waals surface area contributed by atoms with E-state index in [2.05, 4.69) is 21.8 Å². The molecule has 1 amide bonds. The van der Waals surface area contributed by atoms with Crippen molar-refractivity contribution in [1.82, 2.24) is 9.97 Å². The Labute approximate surface area is 164 Å². The maximum absolute atomic E-state index is 13.3. The van der Waals surface area contributed by atoms with E-state index < -0.39 is 0 Å². The lowest BCUT2D eigenvalue weighted by Gasteiger charge is -2.26. The number of amides is 1. The molecule has 2 aromatic rings. The first-order chi connectivity index (χ1) is 13.3. The summed E-state index contributed by atoms with van der Waals surface area (Å²) in [4.78, 5) is 34.3. The van der Waals surface area contributed by atoms with Crippen molar-refractivity contribution in [2.45, 2.75) is 47.1 Å². The van der Waals surface area contributed by atoms with Gasteiger partial charge in [-0.05, 0) is 52.7 Å². The molecule has 1 aromatic carbocycles. The average Bonchev–Trinajstić information content (AvgIpc) is 3.00. The van der Waals surface area contributed by atoms with Gasteiger partial charge in [0.15, 0.2) is 0 Å². The van der Waals surface area contributed by atoms with E-state index in [1.807, 2.05) is 36.1 Å². The molecule has 1 N–H and O–H groups in total. The van der Waals surface area contributed by atoms with Crippen molar-refractivity contribution < 1.29 is 4.79 Å². The van der Waals surface area contributed by atoms with Gasteiger partial charge in [-0.1, -0.05) is 18.2 Å². The van der Waals surface area contributed by atoms with E-state index >= 15 is 0 Å². The fourth-order valence-electron chi connectivity index (χ4n) is 3.43. The van der Waals surface area contributed by atoms with Crippen LogP contribution in [0.4, 0.5) is 11.6 Å². The van der Waals surface area contributed by atoms with Crippen molar-refractivity contribution in [2.24, 2.45) is 5.10 Å². The van der Waals surface area contributed by atoms with Gasteiger partial charge in [0.2, 0.25) is 5.95 Å². The summed E-state index contributed by atoms with van der Waals surface area (Å²) in [6, 6.07) is 8.00. The maximum Gasteiger partial charge on any atom is 0.256 e. The highest BCUT2D eigenvalue weighted by Gasteiger charge is 2.32. The van der Waals surface area contributed by atoms with Crippen LogP contribution in [0.2, 0.25) is 0 Å². The van der Waals surface area contributed by atoms with Crippen LogP contribution < -0.4 is 15.5 Å². The molecule has 0 unspecified atom stereocenters. The molecule has 2 heterocycles. The predicted molar refractivity (Wildman–Crippen MR) is 112 cm³/mol. The van der Waals surface area contributed by atoms with E-state index in [9.17, 15) is 9.59 Å². The molecule has 1 aliphatic rings. The SMILES string of the molecule is C=NN(/C(C)=C(\C)C(=O)N1c2ccccc2C[C@H]1C)c1nc(C)c(C)c(=O)[nH]1. The number of nitrogens with zero attached hydrogens (tertiary/aromatic N) is 4. The van der Waals surface area contributed by atoms with Crippen molar-refractivity contribution in [3.8, 4) is 0 Å². The first kappa shape index (κ1) is 19.5. The molecule has 0 aliphatic carbocycles. The number of benzene rings is 1. The van der Waals surface area contributed by atoms with Crippen LogP contribution in [-0.2, 0) is 11.2 Å². The molecule has 146 valence electrons. The number of hydrogen-bond donors (Lipinski definition) is 1. The van der Waals surface area contributed by atoms with Crippen LogP contribution in [0.3, 0.4) is 0 Å². The van der Waals surface area contributed by atoms with Crippen LogP contribution in [0, 0.1) is 13.8 Å². The number of carbonyl (C=O) groups excluding carboxylic acids is 1. The van der Waals surface area contributed by atoms with Crippen LogP contribution in [0.15, 0.2) is 45.4 Å². The van der Waals surface area contributed by atoms with Crippen LogP contribution in [-0.4, -0.2) is 28.6 Å². The van der Waals surface area contributed by atoms with Crippen molar-refractivity contribution in [3.63, 3.8) is 0 Å². The lowest BCUT2D eigenvalue weighted by Crippen LogP contribution is -2.37. The zero-order valence-electron chi connectivity index (χ0n) is 16.9. The monoisotopic (exact) mass is 379 g/mol. The van der Waals surface area contributed by atoms with Gasteiger partial charge in [-0.25, -0.2) is 9.99 Å². The Bertz CT molecular complexity index is 1040. The molecule has 28 heavy (non-hydrogen) atoms. The Balaban J connectivity index is 2.01.